The normalized spacial score (nSPS) is 17.5. The zero-order valence-electron chi connectivity index (χ0n) is 5.07. The summed E-state index contributed by atoms with van der Waals surface area (Å²) < 4.78 is 0. The summed E-state index contributed by atoms with van der Waals surface area (Å²) >= 11 is 0. The molecule has 1 aliphatic heterocycles. The molecule has 1 aliphatic rings. The van der Waals surface area contributed by atoms with E-state index in [9.17, 15) is 14.9 Å². The van der Waals surface area contributed by atoms with Crippen molar-refractivity contribution < 1.29 is 9.72 Å². The summed E-state index contributed by atoms with van der Waals surface area (Å²) in [6, 6.07) is -0.660. The van der Waals surface area contributed by atoms with Crippen LogP contribution < -0.4 is 0 Å². The van der Waals surface area contributed by atoms with Gasteiger partial charge in [0.2, 0.25) is 6.54 Å². The molecule has 0 unspecified atom stereocenters. The van der Waals surface area contributed by atoms with Crippen LogP contribution in [0.1, 0.15) is 0 Å². The number of rotatable bonds is 0. The Morgan fingerprint density at radius 3 is 2.60 bits per heavy atom. The Kier molecular flexibility index (Phi) is 1.37. The number of nitrogens with zero attached hydrogens (tertiary/aromatic N) is 3. The van der Waals surface area contributed by atoms with Crippen LogP contribution in [-0.4, -0.2) is 28.7 Å². The maximum atomic E-state index is 10.5. The molecular formula is C4H3N3O3. The molecular weight excluding hydrogens is 138 g/mol. The quantitative estimate of drug-likeness (QED) is 0.345. The van der Waals surface area contributed by atoms with Crippen molar-refractivity contribution in [3.63, 3.8) is 0 Å². The van der Waals surface area contributed by atoms with Crippen molar-refractivity contribution in [2.45, 2.75) is 0 Å². The van der Waals surface area contributed by atoms with Gasteiger partial charge in [0.15, 0.2) is 0 Å². The van der Waals surface area contributed by atoms with Gasteiger partial charge in [-0.2, -0.15) is 0 Å². The van der Waals surface area contributed by atoms with Gasteiger partial charge in [-0.05, 0) is 4.92 Å². The van der Waals surface area contributed by atoms with E-state index in [0.29, 0.717) is 0 Å². The zero-order chi connectivity index (χ0) is 7.72. The van der Waals surface area contributed by atoms with Crippen molar-refractivity contribution in [2.75, 3.05) is 7.05 Å². The van der Waals surface area contributed by atoms with Gasteiger partial charge >= 0.3 is 11.9 Å². The third-order valence-electron chi connectivity index (χ3n) is 0.929. The van der Waals surface area contributed by atoms with Crippen molar-refractivity contribution in [3.8, 4) is 0 Å². The number of likely N-dealkylation sites (N-methyl/N-ethyl adjacent to an activating group) is 1. The SMILES string of the molecule is CN1[C]C([N+](=O)[O-])=NC1=O. The molecule has 2 radical (unpaired) electrons. The average Bonchev–Trinajstić information content (AvgIpc) is 2.13. The van der Waals surface area contributed by atoms with E-state index < -0.39 is 16.8 Å². The lowest BCUT2D eigenvalue weighted by molar-refractivity contribution is -0.349. The van der Waals surface area contributed by atoms with Crippen LogP contribution in [0, 0.1) is 16.7 Å². The molecule has 52 valence electrons. The molecule has 0 spiro atoms. The van der Waals surface area contributed by atoms with Gasteiger partial charge in [-0.3, -0.25) is 4.90 Å². The van der Waals surface area contributed by atoms with Gasteiger partial charge in [0.25, 0.3) is 0 Å². The summed E-state index contributed by atoms with van der Waals surface area (Å²) in [5.41, 5.74) is 0. The van der Waals surface area contributed by atoms with Crippen molar-refractivity contribution in [3.05, 3.63) is 16.7 Å². The molecule has 0 aromatic rings. The van der Waals surface area contributed by atoms with E-state index in [2.05, 4.69) is 11.5 Å². The number of carbonyl (C=O) groups is 1. The Balaban J connectivity index is 2.77. The molecule has 0 saturated carbocycles. The highest BCUT2D eigenvalue weighted by Crippen LogP contribution is 2.05. The first-order valence-corrected chi connectivity index (χ1v) is 2.38. The maximum absolute atomic E-state index is 10.5. The smallest absolute Gasteiger partial charge is 0.358 e. The van der Waals surface area contributed by atoms with E-state index in [4.69, 9.17) is 0 Å². The third kappa shape index (κ3) is 0.949. The topological polar surface area (TPSA) is 75.8 Å². The fourth-order valence-corrected chi connectivity index (χ4v) is 0.470. The Morgan fingerprint density at radius 1 is 1.80 bits per heavy atom. The van der Waals surface area contributed by atoms with Gasteiger partial charge in [-0.1, -0.05) is 0 Å². The van der Waals surface area contributed by atoms with Gasteiger partial charge in [0.05, 0.1) is 0 Å². The van der Waals surface area contributed by atoms with Crippen LogP contribution in [-0.2, 0) is 0 Å². The first kappa shape index (κ1) is 6.66. The second-order valence-electron chi connectivity index (χ2n) is 1.65. The molecule has 0 fully saturated rings. The molecule has 6 nitrogen and oxygen atoms in total. The fourth-order valence-electron chi connectivity index (χ4n) is 0.470. The first-order valence-electron chi connectivity index (χ1n) is 2.38. The van der Waals surface area contributed by atoms with Crippen LogP contribution >= 0.6 is 0 Å². The van der Waals surface area contributed by atoms with E-state index in [1.165, 1.54) is 7.05 Å². The fraction of sp³-hybridized carbons (Fsp3) is 0.250. The first-order chi connectivity index (χ1) is 4.61. The Morgan fingerprint density at radius 2 is 2.40 bits per heavy atom. The second kappa shape index (κ2) is 2.05. The number of hydrogen-bond donors (Lipinski definition) is 0. The summed E-state index contributed by atoms with van der Waals surface area (Å²) in [5, 5.41) is 9.93. The van der Waals surface area contributed by atoms with Crippen molar-refractivity contribution in [1.82, 2.24) is 4.90 Å². The number of nitro groups is 1. The molecule has 1 heterocycles. The Hall–Kier alpha value is -1.46. The summed E-state index contributed by atoms with van der Waals surface area (Å²) in [7, 11) is 1.35. The average molecular weight is 141 g/mol. The minimum atomic E-state index is -0.763. The molecule has 0 atom stereocenters. The van der Waals surface area contributed by atoms with Crippen molar-refractivity contribution in [2.24, 2.45) is 4.99 Å². The van der Waals surface area contributed by atoms with Gasteiger partial charge < -0.3 is 10.1 Å². The standard InChI is InChI=1S/C4H3N3O3/c1-6-2-3(7(9)10)5-4(6)8/h1H3. The van der Waals surface area contributed by atoms with Gasteiger partial charge in [0, 0.05) is 12.0 Å². The monoisotopic (exact) mass is 141 g/mol. The molecule has 10 heavy (non-hydrogen) atoms. The van der Waals surface area contributed by atoms with Crippen LogP contribution in [0.15, 0.2) is 4.99 Å². The summed E-state index contributed by atoms with van der Waals surface area (Å²) in [5.74, 6) is -0.535. The van der Waals surface area contributed by atoms with Gasteiger partial charge in [0.1, 0.15) is 0 Å². The van der Waals surface area contributed by atoms with Crippen LogP contribution in [0.25, 0.3) is 0 Å². The highest BCUT2D eigenvalue weighted by molar-refractivity contribution is 6.01. The molecule has 0 aromatic carbocycles. The highest BCUT2D eigenvalue weighted by atomic mass is 16.6. The number of amides is 2. The summed E-state index contributed by atoms with van der Waals surface area (Å²) in [4.78, 5) is 23.6. The lowest BCUT2D eigenvalue weighted by Crippen LogP contribution is -2.18. The molecule has 6 heteroatoms. The Bertz CT molecular complexity index is 222. The second-order valence-corrected chi connectivity index (χ2v) is 1.65. The predicted molar refractivity (Wildman–Crippen MR) is 30.8 cm³/mol. The van der Waals surface area contributed by atoms with Crippen molar-refractivity contribution >= 4 is 11.9 Å². The summed E-state index contributed by atoms with van der Waals surface area (Å²) in [6.07, 6.45) is 0. The zero-order valence-corrected chi connectivity index (χ0v) is 5.07. The van der Waals surface area contributed by atoms with Crippen LogP contribution in [0.3, 0.4) is 0 Å². The number of amidine groups is 1. The third-order valence-corrected chi connectivity index (χ3v) is 0.929. The van der Waals surface area contributed by atoms with Gasteiger partial charge in [-0.15, -0.1) is 0 Å². The predicted octanol–water partition coefficient (Wildman–Crippen LogP) is -0.234. The molecule has 1 rings (SSSR count). The van der Waals surface area contributed by atoms with Crippen molar-refractivity contribution in [1.29, 1.82) is 0 Å². The number of carbonyl (C=O) groups excluding carboxylic acids is 1. The molecule has 0 saturated heterocycles. The highest BCUT2D eigenvalue weighted by Gasteiger charge is 2.32. The molecule has 0 aromatic heterocycles. The van der Waals surface area contributed by atoms with Crippen LogP contribution in [0.5, 0.6) is 0 Å². The lowest BCUT2D eigenvalue weighted by Gasteiger charge is -1.96. The van der Waals surface area contributed by atoms with E-state index in [1.807, 2.05) is 0 Å². The number of aliphatic imine (C=N–C) groups is 1. The molecule has 0 aliphatic carbocycles. The number of hydrogen-bond acceptors (Lipinski definition) is 3. The summed E-state index contributed by atoms with van der Waals surface area (Å²) in [6.45, 7) is 2.14. The maximum Gasteiger partial charge on any atom is 0.454 e. The minimum Gasteiger partial charge on any atom is -0.358 e. The van der Waals surface area contributed by atoms with E-state index in [1.54, 1.807) is 0 Å². The van der Waals surface area contributed by atoms with Gasteiger partial charge in [-0.25, -0.2) is 4.79 Å². The van der Waals surface area contributed by atoms with E-state index >= 15 is 0 Å². The number of urea groups is 1. The van der Waals surface area contributed by atoms with E-state index in [0.717, 1.165) is 4.90 Å². The lowest BCUT2D eigenvalue weighted by atomic mass is 10.6. The molecule has 0 bridgehead atoms. The van der Waals surface area contributed by atoms with Crippen LogP contribution in [0.2, 0.25) is 0 Å². The molecule has 0 N–H and O–H groups in total. The molecule has 2 amide bonds. The van der Waals surface area contributed by atoms with Crippen LogP contribution in [0.4, 0.5) is 4.79 Å². The largest absolute Gasteiger partial charge is 0.454 e. The minimum absolute atomic E-state index is 0.535. The Labute approximate surface area is 56.3 Å². The van der Waals surface area contributed by atoms with E-state index in [-0.39, 0.29) is 0 Å².